The first-order valence-electron chi connectivity index (χ1n) is 12.4. The quantitative estimate of drug-likeness (QED) is 0.206. The molecule has 4 aromatic rings. The molecule has 0 saturated carbocycles. The fraction of sp³-hybridized carbons (Fsp3) is 0.308. The number of para-hydroxylation sites is 1. The van der Waals surface area contributed by atoms with Crippen LogP contribution in [-0.2, 0) is 0 Å². The smallest absolute Gasteiger partial charge is 0.276 e. The molecule has 0 spiro atoms. The van der Waals surface area contributed by atoms with Crippen molar-refractivity contribution in [2.75, 3.05) is 36.9 Å². The number of ether oxygens (including phenoxy) is 1. The first kappa shape index (κ1) is 26.0. The van der Waals surface area contributed by atoms with Gasteiger partial charge < -0.3 is 24.9 Å². The molecule has 3 heterocycles. The minimum atomic E-state index is -0.641. The van der Waals surface area contributed by atoms with Crippen LogP contribution in [0.15, 0.2) is 42.7 Å². The van der Waals surface area contributed by atoms with E-state index in [0.717, 1.165) is 18.5 Å². The summed E-state index contributed by atoms with van der Waals surface area (Å²) in [4.78, 5) is 42.4. The highest BCUT2D eigenvalue weighted by Crippen LogP contribution is 2.30. The summed E-state index contributed by atoms with van der Waals surface area (Å²) < 4.78 is 5.92. The highest BCUT2D eigenvalue weighted by Gasteiger charge is 2.23. The van der Waals surface area contributed by atoms with E-state index in [1.165, 1.54) is 38.7 Å². The Morgan fingerprint density at radius 1 is 1.03 bits per heavy atom. The average Bonchev–Trinajstić information content (AvgIpc) is 3.56. The molecule has 1 aliphatic heterocycles. The molecule has 198 valence electrons. The number of fused-ring (bicyclic) bond motifs is 1. The van der Waals surface area contributed by atoms with Gasteiger partial charge in [-0.15, -0.1) is 0 Å². The number of benzene rings is 2. The van der Waals surface area contributed by atoms with Crippen molar-refractivity contribution < 1.29 is 14.3 Å². The van der Waals surface area contributed by atoms with Crippen LogP contribution < -0.4 is 15.4 Å². The lowest BCUT2D eigenvalue weighted by molar-refractivity contribution is 0.0985. The zero-order chi connectivity index (χ0) is 26.5. The Kier molecular flexibility index (Phi) is 8.11. The number of likely N-dealkylation sites (tertiary alicyclic amines) is 1. The van der Waals surface area contributed by atoms with Gasteiger partial charge in [0.15, 0.2) is 5.69 Å². The second-order valence-corrected chi connectivity index (χ2v) is 9.81. The van der Waals surface area contributed by atoms with E-state index in [-0.39, 0.29) is 33.1 Å². The number of hydrogen-bond donors (Lipinski definition) is 4. The Labute approximate surface area is 229 Å². The Morgan fingerprint density at radius 3 is 2.61 bits per heavy atom. The first-order valence-corrected chi connectivity index (χ1v) is 13.2. The van der Waals surface area contributed by atoms with E-state index < -0.39 is 11.8 Å². The summed E-state index contributed by atoms with van der Waals surface area (Å²) in [5, 5.41) is 5.80. The first-order chi connectivity index (χ1) is 18.5. The van der Waals surface area contributed by atoms with Crippen molar-refractivity contribution in [3.8, 4) is 5.75 Å². The summed E-state index contributed by atoms with van der Waals surface area (Å²) in [6.45, 7) is 4.02. The lowest BCUT2D eigenvalue weighted by atomic mass is 10.1. The second-order valence-electron chi connectivity index (χ2n) is 9.00. The highest BCUT2D eigenvalue weighted by molar-refractivity contribution is 6.40. The largest absolute Gasteiger partial charge is 0.493 e. The van der Waals surface area contributed by atoms with E-state index in [9.17, 15) is 9.59 Å². The van der Waals surface area contributed by atoms with E-state index >= 15 is 0 Å². The van der Waals surface area contributed by atoms with Crippen LogP contribution in [0.5, 0.6) is 5.75 Å². The van der Waals surface area contributed by atoms with Crippen molar-refractivity contribution in [3.05, 3.63) is 64.2 Å². The third-order valence-corrected chi connectivity index (χ3v) is 6.94. The maximum Gasteiger partial charge on any atom is 0.276 e. The number of carbonyl (C=O) groups is 2. The Hall–Kier alpha value is -3.60. The number of anilines is 2. The van der Waals surface area contributed by atoms with E-state index in [0.29, 0.717) is 17.9 Å². The number of aromatic amines is 2. The van der Waals surface area contributed by atoms with Crippen LogP contribution in [0.25, 0.3) is 11.0 Å². The topological polar surface area (TPSA) is 128 Å². The molecule has 1 saturated heterocycles. The number of nitrogens with one attached hydrogen (secondary N) is 4. The lowest BCUT2D eigenvalue weighted by Crippen LogP contribution is -2.31. The number of aromatic nitrogens is 4. The number of carbonyl (C=O) groups excluding carboxylic acids is 2. The maximum atomic E-state index is 12.9. The predicted octanol–water partition coefficient (Wildman–Crippen LogP) is 5.35. The number of amides is 2. The molecule has 12 heteroatoms. The van der Waals surface area contributed by atoms with Crippen LogP contribution >= 0.6 is 23.2 Å². The molecule has 2 aromatic heterocycles. The molecule has 0 bridgehead atoms. The molecule has 1 fully saturated rings. The second kappa shape index (κ2) is 11.8. The molecule has 1 aliphatic rings. The Bertz CT molecular complexity index is 1430. The number of H-pyrrole nitrogens is 2. The number of nitrogens with zero attached hydrogens (tertiary/aromatic N) is 3. The number of rotatable bonds is 9. The number of piperidine rings is 1. The minimum Gasteiger partial charge on any atom is -0.493 e. The number of halogens is 2. The lowest BCUT2D eigenvalue weighted by Gasteiger charge is -2.26. The minimum absolute atomic E-state index is 0.0381. The van der Waals surface area contributed by atoms with E-state index in [2.05, 4.69) is 35.5 Å². The van der Waals surface area contributed by atoms with Gasteiger partial charge in [0, 0.05) is 12.6 Å². The molecular weight excluding hydrogens is 529 g/mol. The summed E-state index contributed by atoms with van der Waals surface area (Å²) >= 11 is 12.3. The van der Waals surface area contributed by atoms with Crippen molar-refractivity contribution in [2.45, 2.75) is 25.7 Å². The molecule has 0 unspecified atom stereocenters. The Balaban J connectivity index is 1.20. The summed E-state index contributed by atoms with van der Waals surface area (Å²) in [7, 11) is 0. The zero-order valence-corrected chi connectivity index (χ0v) is 22.0. The molecule has 10 nitrogen and oxygen atoms in total. The summed E-state index contributed by atoms with van der Waals surface area (Å²) in [6, 6.07) is 10.4. The monoisotopic (exact) mass is 555 g/mol. The predicted molar refractivity (Wildman–Crippen MR) is 147 cm³/mol. The van der Waals surface area contributed by atoms with Crippen LogP contribution in [0, 0.1) is 0 Å². The van der Waals surface area contributed by atoms with Gasteiger partial charge in [0.2, 0.25) is 5.95 Å². The van der Waals surface area contributed by atoms with Crippen molar-refractivity contribution in [1.29, 1.82) is 0 Å². The SMILES string of the molecule is O=C(Nc1c(Cl)cccc1Cl)c1nc[nH]c1C(=O)Nc1nc2cc(OCCCN3CCCCC3)ccc2[nH]1. The van der Waals surface area contributed by atoms with Crippen molar-refractivity contribution >= 4 is 57.7 Å². The average molecular weight is 556 g/mol. The molecule has 2 amide bonds. The molecule has 0 aliphatic carbocycles. The van der Waals surface area contributed by atoms with Crippen LogP contribution in [-0.4, -0.2) is 62.9 Å². The number of imidazole rings is 2. The van der Waals surface area contributed by atoms with Crippen LogP contribution in [0.3, 0.4) is 0 Å². The van der Waals surface area contributed by atoms with Gasteiger partial charge in [0.05, 0.1) is 39.7 Å². The van der Waals surface area contributed by atoms with Gasteiger partial charge in [-0.05, 0) is 56.6 Å². The van der Waals surface area contributed by atoms with Gasteiger partial charge in [-0.2, -0.15) is 0 Å². The van der Waals surface area contributed by atoms with Gasteiger partial charge in [-0.25, -0.2) is 9.97 Å². The molecule has 4 N–H and O–H groups in total. The van der Waals surface area contributed by atoms with Crippen LogP contribution in [0.4, 0.5) is 11.6 Å². The third-order valence-electron chi connectivity index (χ3n) is 6.31. The highest BCUT2D eigenvalue weighted by atomic mass is 35.5. The fourth-order valence-corrected chi connectivity index (χ4v) is 4.89. The zero-order valence-electron chi connectivity index (χ0n) is 20.5. The molecule has 5 rings (SSSR count). The van der Waals surface area contributed by atoms with Gasteiger partial charge in [0.1, 0.15) is 11.4 Å². The number of hydrogen-bond acceptors (Lipinski definition) is 6. The molecular formula is C26H27Cl2N7O3. The molecule has 2 aromatic carbocycles. The van der Waals surface area contributed by atoms with Crippen molar-refractivity contribution in [2.24, 2.45) is 0 Å². The van der Waals surface area contributed by atoms with Crippen molar-refractivity contribution in [3.63, 3.8) is 0 Å². The molecule has 0 radical (unpaired) electrons. The Morgan fingerprint density at radius 2 is 1.82 bits per heavy atom. The summed E-state index contributed by atoms with van der Waals surface area (Å²) in [5.41, 5.74) is 1.46. The fourth-order valence-electron chi connectivity index (χ4n) is 4.40. The summed E-state index contributed by atoms with van der Waals surface area (Å²) in [5.74, 6) is -0.294. The van der Waals surface area contributed by atoms with E-state index in [4.69, 9.17) is 27.9 Å². The standard InChI is InChI=1S/C26H27Cl2N7O3/c27-17-6-4-7-18(28)21(17)33-24(36)22-23(30-15-29-22)25(37)34-26-31-19-9-8-16(14-20(19)32-26)38-13-5-12-35-10-2-1-3-11-35/h4,6-9,14-15H,1-3,5,10-13H2,(H,29,30)(H,33,36)(H2,31,32,34,37). The van der Waals surface area contributed by atoms with E-state index in [1.54, 1.807) is 18.2 Å². The summed E-state index contributed by atoms with van der Waals surface area (Å²) in [6.07, 6.45) is 6.11. The van der Waals surface area contributed by atoms with Gasteiger partial charge in [-0.1, -0.05) is 35.7 Å². The third kappa shape index (κ3) is 6.09. The normalized spacial score (nSPS) is 13.9. The van der Waals surface area contributed by atoms with Gasteiger partial charge in [-0.3, -0.25) is 14.9 Å². The van der Waals surface area contributed by atoms with Crippen LogP contribution in [0.2, 0.25) is 10.0 Å². The van der Waals surface area contributed by atoms with Gasteiger partial charge in [0.25, 0.3) is 11.8 Å². The molecule has 38 heavy (non-hydrogen) atoms. The molecule has 0 atom stereocenters. The van der Waals surface area contributed by atoms with E-state index in [1.807, 2.05) is 18.2 Å². The van der Waals surface area contributed by atoms with Crippen molar-refractivity contribution in [1.82, 2.24) is 24.8 Å². The van der Waals surface area contributed by atoms with Gasteiger partial charge >= 0.3 is 0 Å². The maximum absolute atomic E-state index is 12.9. The van der Waals surface area contributed by atoms with Crippen LogP contribution in [0.1, 0.15) is 46.7 Å².